The Morgan fingerprint density at radius 1 is 0.842 bits per heavy atom. The fraction of sp³-hybridized carbons (Fsp3) is 0.889. The highest BCUT2D eigenvalue weighted by Gasteiger charge is 2.08. The lowest BCUT2D eigenvalue weighted by molar-refractivity contribution is 0.554. The summed E-state index contributed by atoms with van der Waals surface area (Å²) in [5, 5.41) is 0. The third-order valence-corrected chi connectivity index (χ3v) is 5.43. The first-order chi connectivity index (χ1) is 9.34. The van der Waals surface area contributed by atoms with Gasteiger partial charge in [0.2, 0.25) is 0 Å². The Kier molecular flexibility index (Phi) is 10.7. The summed E-state index contributed by atoms with van der Waals surface area (Å²) in [6, 6.07) is 0. The normalized spacial score (nSPS) is 16.1. The van der Waals surface area contributed by atoms with Crippen molar-refractivity contribution >= 4 is 11.8 Å². The molecule has 0 aromatic heterocycles. The molecule has 1 heterocycles. The molecule has 0 amide bonds. The van der Waals surface area contributed by atoms with Gasteiger partial charge in [0, 0.05) is 5.75 Å². The molecule has 112 valence electrons. The van der Waals surface area contributed by atoms with Crippen molar-refractivity contribution < 1.29 is 0 Å². The van der Waals surface area contributed by atoms with Gasteiger partial charge in [-0.2, -0.15) is 11.8 Å². The highest BCUT2D eigenvalue weighted by Crippen LogP contribution is 2.27. The van der Waals surface area contributed by atoms with Crippen molar-refractivity contribution in [2.24, 2.45) is 0 Å². The zero-order chi connectivity index (χ0) is 13.8. The Morgan fingerprint density at radius 3 is 2.00 bits per heavy atom. The Morgan fingerprint density at radius 2 is 1.42 bits per heavy atom. The molecule has 0 saturated carbocycles. The molecule has 0 nitrogen and oxygen atoms in total. The first-order valence-corrected chi connectivity index (χ1v) is 9.75. The molecule has 0 N–H and O–H groups in total. The largest absolute Gasteiger partial charge is 0.157 e. The summed E-state index contributed by atoms with van der Waals surface area (Å²) in [6.07, 6.45) is 17.3. The Bertz CT molecular complexity index is 242. The van der Waals surface area contributed by atoms with Crippen LogP contribution in [0.3, 0.4) is 0 Å². The molecule has 1 heteroatoms. The third-order valence-electron chi connectivity index (χ3n) is 4.30. The van der Waals surface area contributed by atoms with Crippen LogP contribution >= 0.6 is 11.8 Å². The highest BCUT2D eigenvalue weighted by molar-refractivity contribution is 7.99. The number of thioether (sulfide) groups is 1. The second-order valence-electron chi connectivity index (χ2n) is 6.12. The second-order valence-corrected chi connectivity index (χ2v) is 7.22. The van der Waals surface area contributed by atoms with Crippen molar-refractivity contribution in [3.8, 4) is 0 Å². The molecule has 1 aliphatic rings. The first-order valence-electron chi connectivity index (χ1n) is 8.60. The van der Waals surface area contributed by atoms with Gasteiger partial charge < -0.3 is 0 Å². The van der Waals surface area contributed by atoms with Gasteiger partial charge in [0.1, 0.15) is 0 Å². The van der Waals surface area contributed by atoms with Crippen LogP contribution in [0.25, 0.3) is 0 Å². The van der Waals surface area contributed by atoms with E-state index in [-0.39, 0.29) is 0 Å². The average Bonchev–Trinajstić information content (AvgIpc) is 2.43. The average molecular weight is 283 g/mol. The van der Waals surface area contributed by atoms with Crippen LogP contribution in [-0.4, -0.2) is 11.5 Å². The molecule has 0 bridgehead atoms. The monoisotopic (exact) mass is 282 g/mol. The van der Waals surface area contributed by atoms with Crippen LogP contribution < -0.4 is 0 Å². The van der Waals surface area contributed by atoms with Crippen LogP contribution in [0, 0.1) is 0 Å². The lowest BCUT2D eigenvalue weighted by Crippen LogP contribution is -2.01. The fourth-order valence-electron chi connectivity index (χ4n) is 2.90. The van der Waals surface area contributed by atoms with Crippen molar-refractivity contribution in [1.82, 2.24) is 0 Å². The number of hydrogen-bond acceptors (Lipinski definition) is 1. The summed E-state index contributed by atoms with van der Waals surface area (Å²) in [6.45, 7) is 4.64. The second kappa shape index (κ2) is 11.9. The van der Waals surface area contributed by atoms with Crippen LogP contribution in [-0.2, 0) is 0 Å². The standard InChI is InChI=1S/C18H34S/c1-3-4-5-6-7-8-9-10-11-12-13-18-14-15-19-16-17(18)2/h3-16H2,1-2H3. The summed E-state index contributed by atoms with van der Waals surface area (Å²) in [4.78, 5) is 0. The molecule has 0 aliphatic carbocycles. The molecule has 0 spiro atoms. The van der Waals surface area contributed by atoms with Crippen LogP contribution in [0.5, 0.6) is 0 Å². The lowest BCUT2D eigenvalue weighted by atomic mass is 9.99. The van der Waals surface area contributed by atoms with Crippen LogP contribution in [0.4, 0.5) is 0 Å². The number of allylic oxidation sites excluding steroid dienone is 1. The number of unbranched alkanes of at least 4 members (excludes halogenated alkanes) is 9. The van der Waals surface area contributed by atoms with Crippen LogP contribution in [0.2, 0.25) is 0 Å². The minimum atomic E-state index is 1.30. The maximum atomic E-state index is 2.35. The van der Waals surface area contributed by atoms with Gasteiger partial charge in [0.05, 0.1) is 0 Å². The third kappa shape index (κ3) is 8.78. The molecule has 0 fully saturated rings. The van der Waals surface area contributed by atoms with Gasteiger partial charge in [-0.05, 0) is 31.9 Å². The van der Waals surface area contributed by atoms with Gasteiger partial charge in [-0.1, -0.05) is 75.9 Å². The Balaban J connectivity index is 1.86. The van der Waals surface area contributed by atoms with Crippen molar-refractivity contribution in [2.75, 3.05) is 11.5 Å². The van der Waals surface area contributed by atoms with Gasteiger partial charge in [-0.3, -0.25) is 0 Å². The minimum Gasteiger partial charge on any atom is -0.157 e. The van der Waals surface area contributed by atoms with Crippen molar-refractivity contribution in [3.63, 3.8) is 0 Å². The van der Waals surface area contributed by atoms with Gasteiger partial charge in [0.25, 0.3) is 0 Å². The molecule has 0 aromatic rings. The molecule has 1 aliphatic heterocycles. The maximum Gasteiger partial charge on any atom is 0.0143 e. The van der Waals surface area contributed by atoms with E-state index >= 15 is 0 Å². The van der Waals surface area contributed by atoms with Gasteiger partial charge in [-0.15, -0.1) is 0 Å². The van der Waals surface area contributed by atoms with E-state index in [0.717, 1.165) is 0 Å². The number of hydrogen-bond donors (Lipinski definition) is 0. The van der Waals surface area contributed by atoms with E-state index in [1.807, 2.05) is 0 Å². The van der Waals surface area contributed by atoms with E-state index in [1.54, 1.807) is 11.1 Å². The van der Waals surface area contributed by atoms with E-state index in [2.05, 4.69) is 25.6 Å². The zero-order valence-electron chi connectivity index (χ0n) is 13.3. The summed E-state index contributed by atoms with van der Waals surface area (Å²) >= 11 is 2.11. The Hall–Kier alpha value is 0.0900. The van der Waals surface area contributed by atoms with Crippen molar-refractivity contribution in [3.05, 3.63) is 11.1 Å². The van der Waals surface area contributed by atoms with Gasteiger partial charge >= 0.3 is 0 Å². The lowest BCUT2D eigenvalue weighted by Gasteiger charge is -2.17. The van der Waals surface area contributed by atoms with E-state index in [4.69, 9.17) is 0 Å². The Labute approximate surface area is 125 Å². The molecular weight excluding hydrogens is 248 g/mol. The molecule has 0 saturated heterocycles. The summed E-state index contributed by atoms with van der Waals surface area (Å²) in [5.41, 5.74) is 3.48. The highest BCUT2D eigenvalue weighted by atomic mass is 32.2. The molecule has 0 radical (unpaired) electrons. The van der Waals surface area contributed by atoms with Gasteiger partial charge in [0.15, 0.2) is 0 Å². The zero-order valence-corrected chi connectivity index (χ0v) is 14.1. The summed E-state index contributed by atoms with van der Waals surface area (Å²) < 4.78 is 0. The molecule has 0 atom stereocenters. The van der Waals surface area contributed by atoms with Crippen LogP contribution in [0.1, 0.15) is 90.9 Å². The number of rotatable bonds is 11. The van der Waals surface area contributed by atoms with E-state index < -0.39 is 0 Å². The summed E-state index contributed by atoms with van der Waals surface area (Å²) in [5.74, 6) is 2.66. The molecular formula is C18H34S. The summed E-state index contributed by atoms with van der Waals surface area (Å²) in [7, 11) is 0. The molecule has 0 unspecified atom stereocenters. The quantitative estimate of drug-likeness (QED) is 0.298. The molecule has 19 heavy (non-hydrogen) atoms. The van der Waals surface area contributed by atoms with Gasteiger partial charge in [-0.25, -0.2) is 0 Å². The van der Waals surface area contributed by atoms with E-state index in [1.165, 1.54) is 88.6 Å². The topological polar surface area (TPSA) is 0 Å². The maximum absolute atomic E-state index is 2.35. The molecule has 1 rings (SSSR count). The van der Waals surface area contributed by atoms with Crippen molar-refractivity contribution in [2.45, 2.75) is 90.9 Å². The van der Waals surface area contributed by atoms with Crippen LogP contribution in [0.15, 0.2) is 11.1 Å². The van der Waals surface area contributed by atoms with Crippen molar-refractivity contribution in [1.29, 1.82) is 0 Å². The minimum absolute atomic E-state index is 1.30. The first kappa shape index (κ1) is 17.1. The smallest absolute Gasteiger partial charge is 0.0143 e. The van der Waals surface area contributed by atoms with E-state index in [9.17, 15) is 0 Å². The van der Waals surface area contributed by atoms with E-state index in [0.29, 0.717) is 0 Å². The molecule has 0 aromatic carbocycles. The predicted octanol–water partition coefficient (Wildman–Crippen LogP) is 6.75. The fourth-order valence-corrected chi connectivity index (χ4v) is 3.95. The SMILES string of the molecule is CCCCCCCCCCCCC1=C(C)CSCC1. The predicted molar refractivity (Wildman–Crippen MR) is 91.1 cm³/mol.